The van der Waals surface area contributed by atoms with Crippen LogP contribution in [0, 0.1) is 0 Å². The summed E-state index contributed by atoms with van der Waals surface area (Å²) in [5, 5.41) is 0.0625. The van der Waals surface area contributed by atoms with Crippen molar-refractivity contribution in [3.8, 4) is 5.75 Å². The lowest BCUT2D eigenvalue weighted by molar-refractivity contribution is -0.132. The van der Waals surface area contributed by atoms with Gasteiger partial charge in [-0.2, -0.15) is 0 Å². The molecule has 2 heterocycles. The lowest BCUT2D eigenvalue weighted by atomic mass is 10.2. The van der Waals surface area contributed by atoms with Gasteiger partial charge < -0.3 is 14.6 Å². The number of aromatic nitrogens is 1. The molecule has 1 aliphatic rings. The molecule has 110 valence electrons. The van der Waals surface area contributed by atoms with E-state index in [1.54, 1.807) is 18.9 Å². The highest BCUT2D eigenvalue weighted by Crippen LogP contribution is 2.37. The second-order valence-corrected chi connectivity index (χ2v) is 6.16. The summed E-state index contributed by atoms with van der Waals surface area (Å²) in [6, 6.07) is 11.9. The molecule has 1 amide bonds. The van der Waals surface area contributed by atoms with Crippen LogP contribution in [-0.4, -0.2) is 28.7 Å². The molecule has 1 saturated heterocycles. The van der Waals surface area contributed by atoms with E-state index in [4.69, 9.17) is 4.74 Å². The lowest BCUT2D eigenvalue weighted by Gasteiger charge is -2.34. The van der Waals surface area contributed by atoms with Crippen LogP contribution in [-0.2, 0) is 11.3 Å². The van der Waals surface area contributed by atoms with Crippen molar-refractivity contribution in [2.75, 3.05) is 12.9 Å². The molecule has 1 fully saturated rings. The number of hydrogen-bond donors (Lipinski definition) is 1. The Morgan fingerprint density at radius 2 is 2.29 bits per heavy atom. The largest absolute Gasteiger partial charge is 0.497 e. The van der Waals surface area contributed by atoms with Crippen molar-refractivity contribution in [2.24, 2.45) is 0 Å². The molecule has 1 N–H and O–H groups in total. The van der Waals surface area contributed by atoms with Crippen molar-refractivity contribution in [3.05, 3.63) is 53.9 Å². The van der Waals surface area contributed by atoms with E-state index >= 15 is 0 Å². The Morgan fingerprint density at radius 1 is 1.38 bits per heavy atom. The number of benzene rings is 1. The summed E-state index contributed by atoms with van der Waals surface area (Å²) in [5.41, 5.74) is 2.16. The predicted octanol–water partition coefficient (Wildman–Crippen LogP) is 3.19. The minimum Gasteiger partial charge on any atom is -0.497 e. The third-order valence-electron chi connectivity index (χ3n) is 3.57. The van der Waals surface area contributed by atoms with Gasteiger partial charge in [0.1, 0.15) is 11.1 Å². The SMILES string of the molecule is COc1cccc(CN2C(=O)CCSC2c2ccc[nH]2)c1. The monoisotopic (exact) mass is 302 g/mol. The Bertz CT molecular complexity index is 612. The third-order valence-corrected chi connectivity index (χ3v) is 4.83. The molecular weight excluding hydrogens is 284 g/mol. The fourth-order valence-electron chi connectivity index (χ4n) is 2.52. The van der Waals surface area contributed by atoms with E-state index in [2.05, 4.69) is 4.98 Å². The summed E-state index contributed by atoms with van der Waals surface area (Å²) >= 11 is 1.80. The zero-order valence-electron chi connectivity index (χ0n) is 11.9. The van der Waals surface area contributed by atoms with Gasteiger partial charge >= 0.3 is 0 Å². The lowest BCUT2D eigenvalue weighted by Crippen LogP contribution is -2.36. The molecule has 1 aromatic heterocycles. The molecule has 0 aliphatic carbocycles. The van der Waals surface area contributed by atoms with E-state index in [1.807, 2.05) is 47.5 Å². The molecule has 3 rings (SSSR count). The molecule has 5 heteroatoms. The van der Waals surface area contributed by atoms with Crippen molar-refractivity contribution in [1.29, 1.82) is 0 Å². The molecular formula is C16H18N2O2S. The molecule has 2 aromatic rings. The summed E-state index contributed by atoms with van der Waals surface area (Å²) in [4.78, 5) is 17.5. The third kappa shape index (κ3) is 3.08. The summed E-state index contributed by atoms with van der Waals surface area (Å²) < 4.78 is 5.26. The quantitative estimate of drug-likeness (QED) is 0.943. The number of nitrogens with one attached hydrogen (secondary N) is 1. The first-order chi connectivity index (χ1) is 10.3. The highest BCUT2D eigenvalue weighted by atomic mass is 32.2. The minimum absolute atomic E-state index is 0.0625. The number of thioether (sulfide) groups is 1. The van der Waals surface area contributed by atoms with Crippen LogP contribution in [0.25, 0.3) is 0 Å². The van der Waals surface area contributed by atoms with Gasteiger partial charge in [0.05, 0.1) is 7.11 Å². The predicted molar refractivity (Wildman–Crippen MR) is 84.2 cm³/mol. The Morgan fingerprint density at radius 3 is 3.05 bits per heavy atom. The van der Waals surface area contributed by atoms with Crippen LogP contribution >= 0.6 is 11.8 Å². The molecule has 0 radical (unpaired) electrons. The van der Waals surface area contributed by atoms with Crippen molar-refractivity contribution in [1.82, 2.24) is 9.88 Å². The summed E-state index contributed by atoms with van der Waals surface area (Å²) in [6.07, 6.45) is 2.50. The molecule has 0 spiro atoms. The highest BCUT2D eigenvalue weighted by Gasteiger charge is 2.30. The zero-order chi connectivity index (χ0) is 14.7. The smallest absolute Gasteiger partial charge is 0.224 e. The van der Waals surface area contributed by atoms with Crippen molar-refractivity contribution < 1.29 is 9.53 Å². The van der Waals surface area contributed by atoms with E-state index in [1.165, 1.54) is 0 Å². The number of ether oxygens (including phenoxy) is 1. The Labute approximate surface area is 128 Å². The van der Waals surface area contributed by atoms with E-state index in [0.29, 0.717) is 13.0 Å². The van der Waals surface area contributed by atoms with Gasteiger partial charge in [-0.3, -0.25) is 4.79 Å². The van der Waals surface area contributed by atoms with Crippen LogP contribution < -0.4 is 4.74 Å². The van der Waals surface area contributed by atoms with Crippen LogP contribution in [0.2, 0.25) is 0 Å². The van der Waals surface area contributed by atoms with Gasteiger partial charge in [-0.15, -0.1) is 11.8 Å². The van der Waals surface area contributed by atoms with Crippen LogP contribution in [0.1, 0.15) is 23.1 Å². The van der Waals surface area contributed by atoms with E-state index in [-0.39, 0.29) is 11.3 Å². The van der Waals surface area contributed by atoms with Crippen LogP contribution in [0.4, 0.5) is 0 Å². The fraction of sp³-hybridized carbons (Fsp3) is 0.312. The number of carbonyl (C=O) groups is 1. The Hall–Kier alpha value is -1.88. The molecule has 1 aromatic carbocycles. The fourth-order valence-corrected chi connectivity index (χ4v) is 3.73. The first kappa shape index (κ1) is 14.1. The maximum Gasteiger partial charge on any atom is 0.224 e. The number of methoxy groups -OCH3 is 1. The van der Waals surface area contributed by atoms with Gasteiger partial charge in [0.25, 0.3) is 0 Å². The number of amides is 1. The van der Waals surface area contributed by atoms with Gasteiger partial charge in [0.2, 0.25) is 5.91 Å². The van der Waals surface area contributed by atoms with Crippen LogP contribution in [0.15, 0.2) is 42.6 Å². The first-order valence-electron chi connectivity index (χ1n) is 6.95. The minimum atomic E-state index is 0.0625. The standard InChI is InChI=1S/C16H18N2O2S/c1-20-13-5-2-4-12(10-13)11-18-15(19)7-9-21-16(18)14-6-3-8-17-14/h2-6,8,10,16-17H,7,9,11H2,1H3. The Kier molecular flexibility index (Phi) is 4.20. The average Bonchev–Trinajstić information content (AvgIpc) is 3.04. The highest BCUT2D eigenvalue weighted by molar-refractivity contribution is 7.99. The van der Waals surface area contributed by atoms with Gasteiger partial charge in [0.15, 0.2) is 0 Å². The van der Waals surface area contributed by atoms with Crippen molar-refractivity contribution >= 4 is 17.7 Å². The van der Waals surface area contributed by atoms with Gasteiger partial charge in [-0.05, 0) is 29.8 Å². The second kappa shape index (κ2) is 6.26. The number of H-pyrrole nitrogens is 1. The van der Waals surface area contributed by atoms with E-state index in [9.17, 15) is 4.79 Å². The summed E-state index contributed by atoms with van der Waals surface area (Å²) in [6.45, 7) is 0.604. The first-order valence-corrected chi connectivity index (χ1v) is 8.00. The van der Waals surface area contributed by atoms with Gasteiger partial charge in [-0.1, -0.05) is 12.1 Å². The Balaban J connectivity index is 1.84. The van der Waals surface area contributed by atoms with Crippen LogP contribution in [0.5, 0.6) is 5.75 Å². The molecule has 0 saturated carbocycles. The average molecular weight is 302 g/mol. The molecule has 0 bridgehead atoms. The molecule has 21 heavy (non-hydrogen) atoms. The van der Waals surface area contributed by atoms with Gasteiger partial charge in [0, 0.05) is 30.6 Å². The molecule has 1 atom stereocenters. The number of carbonyl (C=O) groups excluding carboxylic acids is 1. The molecule has 1 aliphatic heterocycles. The maximum atomic E-state index is 12.3. The number of rotatable bonds is 4. The molecule has 4 nitrogen and oxygen atoms in total. The van der Waals surface area contributed by atoms with E-state index in [0.717, 1.165) is 22.8 Å². The van der Waals surface area contributed by atoms with E-state index < -0.39 is 0 Å². The molecule has 1 unspecified atom stereocenters. The van der Waals surface area contributed by atoms with Crippen LogP contribution in [0.3, 0.4) is 0 Å². The van der Waals surface area contributed by atoms with Crippen molar-refractivity contribution in [2.45, 2.75) is 18.3 Å². The number of hydrogen-bond acceptors (Lipinski definition) is 3. The van der Waals surface area contributed by atoms with Crippen molar-refractivity contribution in [3.63, 3.8) is 0 Å². The van der Waals surface area contributed by atoms with Gasteiger partial charge in [-0.25, -0.2) is 0 Å². The maximum absolute atomic E-state index is 12.3. The summed E-state index contributed by atoms with van der Waals surface area (Å²) in [5.74, 6) is 1.90. The normalized spacial score (nSPS) is 18.8. The summed E-state index contributed by atoms with van der Waals surface area (Å²) in [7, 11) is 1.66. The zero-order valence-corrected chi connectivity index (χ0v) is 12.7. The second-order valence-electron chi connectivity index (χ2n) is 4.97. The topological polar surface area (TPSA) is 45.3 Å². The number of aromatic amines is 1. The number of nitrogens with zero attached hydrogens (tertiary/aromatic N) is 1.